The summed E-state index contributed by atoms with van der Waals surface area (Å²) in [7, 11) is 0. The molecular formula is C25H30N2O. The van der Waals surface area contributed by atoms with Gasteiger partial charge in [-0.25, -0.2) is 0 Å². The number of ether oxygens (including phenoxy) is 1. The van der Waals surface area contributed by atoms with Crippen molar-refractivity contribution < 1.29 is 4.74 Å². The molecule has 3 nitrogen and oxygen atoms in total. The van der Waals surface area contributed by atoms with Crippen molar-refractivity contribution in [1.82, 2.24) is 0 Å². The van der Waals surface area contributed by atoms with Crippen LogP contribution in [0.25, 0.3) is 11.1 Å². The molecule has 0 heterocycles. The Morgan fingerprint density at radius 2 is 1.50 bits per heavy atom. The number of allylic oxidation sites excluding steroid dienone is 2. The van der Waals surface area contributed by atoms with Gasteiger partial charge in [0.15, 0.2) is 0 Å². The Bertz CT molecular complexity index is 826. The van der Waals surface area contributed by atoms with E-state index in [0.29, 0.717) is 18.0 Å². The zero-order valence-corrected chi connectivity index (χ0v) is 16.4. The smallest absolute Gasteiger partial charge is 0.119 e. The monoisotopic (exact) mass is 374 g/mol. The molecule has 0 unspecified atom stereocenters. The summed E-state index contributed by atoms with van der Waals surface area (Å²) >= 11 is 0. The van der Waals surface area contributed by atoms with E-state index >= 15 is 0 Å². The van der Waals surface area contributed by atoms with Gasteiger partial charge in [-0.05, 0) is 65.8 Å². The summed E-state index contributed by atoms with van der Waals surface area (Å²) in [4.78, 5) is 0. The second-order valence-corrected chi connectivity index (χ2v) is 7.34. The highest BCUT2D eigenvalue weighted by molar-refractivity contribution is 5.64. The van der Waals surface area contributed by atoms with Crippen LogP contribution in [0.15, 0.2) is 84.7 Å². The second-order valence-electron chi connectivity index (χ2n) is 7.34. The minimum atomic E-state index is 0.391. The Morgan fingerprint density at radius 3 is 2.11 bits per heavy atom. The van der Waals surface area contributed by atoms with E-state index in [-0.39, 0.29) is 0 Å². The van der Waals surface area contributed by atoms with Gasteiger partial charge in [0.1, 0.15) is 12.4 Å². The first-order valence-electron chi connectivity index (χ1n) is 10.0. The van der Waals surface area contributed by atoms with Crippen molar-refractivity contribution >= 4 is 0 Å². The van der Waals surface area contributed by atoms with Gasteiger partial charge < -0.3 is 16.2 Å². The maximum absolute atomic E-state index is 5.86. The molecule has 2 aromatic rings. The quantitative estimate of drug-likeness (QED) is 0.616. The zero-order valence-electron chi connectivity index (χ0n) is 16.4. The standard InChI is InChI=1S/C25H30N2O/c1-2-23(26)18-24(27)16-17-28-25-14-12-22(13-15-25)21-10-8-20(9-11-21)19-6-4-3-5-7-19/h2,8-16,18-19H,1,3-7,17,26-27H2/b23-18+,24-16+. The lowest BCUT2D eigenvalue weighted by Gasteiger charge is -2.22. The highest BCUT2D eigenvalue weighted by Gasteiger charge is 2.15. The van der Waals surface area contributed by atoms with E-state index in [2.05, 4.69) is 43.0 Å². The average molecular weight is 375 g/mol. The van der Waals surface area contributed by atoms with Crippen molar-refractivity contribution in [3.8, 4) is 16.9 Å². The lowest BCUT2D eigenvalue weighted by atomic mass is 9.84. The topological polar surface area (TPSA) is 61.3 Å². The van der Waals surface area contributed by atoms with Gasteiger partial charge in [-0.3, -0.25) is 0 Å². The maximum atomic E-state index is 5.86. The highest BCUT2D eigenvalue weighted by atomic mass is 16.5. The number of hydrogen-bond acceptors (Lipinski definition) is 3. The summed E-state index contributed by atoms with van der Waals surface area (Å²) < 4.78 is 5.73. The molecule has 1 saturated carbocycles. The van der Waals surface area contributed by atoms with Crippen LogP contribution < -0.4 is 16.2 Å². The van der Waals surface area contributed by atoms with Crippen LogP contribution >= 0.6 is 0 Å². The first-order chi connectivity index (χ1) is 13.7. The third-order valence-corrected chi connectivity index (χ3v) is 5.31. The van der Waals surface area contributed by atoms with Crippen molar-refractivity contribution in [1.29, 1.82) is 0 Å². The van der Waals surface area contributed by atoms with E-state index in [9.17, 15) is 0 Å². The predicted octanol–water partition coefficient (Wildman–Crippen LogP) is 5.65. The van der Waals surface area contributed by atoms with Crippen LogP contribution in [-0.4, -0.2) is 6.61 Å². The van der Waals surface area contributed by atoms with Crippen molar-refractivity contribution in [3.63, 3.8) is 0 Å². The SMILES string of the molecule is C=C/C(N)=C\C(N)=C/COc1ccc(-c2ccc(C3CCCCC3)cc2)cc1. The third kappa shape index (κ3) is 5.53. The molecule has 0 bridgehead atoms. The van der Waals surface area contributed by atoms with Crippen LogP contribution in [0.3, 0.4) is 0 Å². The Labute approximate surface area is 168 Å². The average Bonchev–Trinajstić information content (AvgIpc) is 2.75. The Morgan fingerprint density at radius 1 is 0.893 bits per heavy atom. The molecule has 1 aliphatic rings. The van der Waals surface area contributed by atoms with Crippen molar-refractivity contribution in [2.75, 3.05) is 6.61 Å². The highest BCUT2D eigenvalue weighted by Crippen LogP contribution is 2.33. The van der Waals surface area contributed by atoms with Crippen LogP contribution in [0, 0.1) is 0 Å². The second kappa shape index (κ2) is 9.84. The number of nitrogens with two attached hydrogens (primary N) is 2. The molecule has 1 fully saturated rings. The van der Waals surface area contributed by atoms with Crippen LogP contribution in [-0.2, 0) is 0 Å². The van der Waals surface area contributed by atoms with Gasteiger partial charge in [-0.2, -0.15) is 0 Å². The lowest BCUT2D eigenvalue weighted by molar-refractivity contribution is 0.362. The Kier molecular flexibility index (Phi) is 6.96. The minimum absolute atomic E-state index is 0.391. The fraction of sp³-hybridized carbons (Fsp3) is 0.280. The molecule has 0 saturated heterocycles. The van der Waals surface area contributed by atoms with Gasteiger partial charge in [0, 0.05) is 11.4 Å². The van der Waals surface area contributed by atoms with E-state index in [0.717, 1.165) is 11.7 Å². The first-order valence-corrected chi connectivity index (χ1v) is 10.0. The summed E-state index contributed by atoms with van der Waals surface area (Å²) in [5.74, 6) is 1.56. The first kappa shape index (κ1) is 19.8. The normalized spacial score (nSPS) is 16.0. The third-order valence-electron chi connectivity index (χ3n) is 5.31. The maximum Gasteiger partial charge on any atom is 0.119 e. The molecule has 2 aromatic carbocycles. The fourth-order valence-corrected chi connectivity index (χ4v) is 3.67. The van der Waals surface area contributed by atoms with Crippen LogP contribution in [0.1, 0.15) is 43.6 Å². The Balaban J connectivity index is 1.58. The molecule has 3 heteroatoms. The minimum Gasteiger partial charge on any atom is -0.489 e. The Hall–Kier alpha value is -2.94. The molecule has 146 valence electrons. The van der Waals surface area contributed by atoms with Crippen molar-refractivity contribution in [3.05, 3.63) is 90.3 Å². The molecule has 0 aliphatic heterocycles. The number of hydrogen-bond donors (Lipinski definition) is 2. The van der Waals surface area contributed by atoms with Crippen LogP contribution in [0.5, 0.6) is 5.75 Å². The largest absolute Gasteiger partial charge is 0.489 e. The van der Waals surface area contributed by atoms with Gasteiger partial charge in [0.25, 0.3) is 0 Å². The van der Waals surface area contributed by atoms with Crippen molar-refractivity contribution in [2.24, 2.45) is 11.5 Å². The number of rotatable bonds is 7. The summed E-state index contributed by atoms with van der Waals surface area (Å²) in [5, 5.41) is 0. The molecule has 0 amide bonds. The summed E-state index contributed by atoms with van der Waals surface area (Å²) in [6, 6.07) is 17.2. The fourth-order valence-electron chi connectivity index (χ4n) is 3.67. The van der Waals surface area contributed by atoms with E-state index in [1.165, 1.54) is 48.8 Å². The van der Waals surface area contributed by atoms with Gasteiger partial charge >= 0.3 is 0 Å². The number of benzene rings is 2. The lowest BCUT2D eigenvalue weighted by Crippen LogP contribution is -2.04. The molecular weight excluding hydrogens is 344 g/mol. The molecule has 3 rings (SSSR count). The van der Waals surface area contributed by atoms with E-state index in [4.69, 9.17) is 16.2 Å². The molecule has 0 aromatic heterocycles. The molecule has 0 atom stereocenters. The molecule has 0 spiro atoms. The summed E-state index contributed by atoms with van der Waals surface area (Å²) in [6.07, 6.45) is 11.8. The van der Waals surface area contributed by atoms with E-state index in [1.807, 2.05) is 12.1 Å². The van der Waals surface area contributed by atoms with Crippen LogP contribution in [0.4, 0.5) is 0 Å². The summed E-state index contributed by atoms with van der Waals surface area (Å²) in [5.41, 5.74) is 16.5. The van der Waals surface area contributed by atoms with E-state index in [1.54, 1.807) is 18.2 Å². The van der Waals surface area contributed by atoms with Crippen molar-refractivity contribution in [2.45, 2.75) is 38.0 Å². The van der Waals surface area contributed by atoms with Gasteiger partial charge in [0.2, 0.25) is 0 Å². The molecule has 0 radical (unpaired) electrons. The van der Waals surface area contributed by atoms with Gasteiger partial charge in [-0.15, -0.1) is 0 Å². The van der Waals surface area contributed by atoms with Crippen LogP contribution in [0.2, 0.25) is 0 Å². The van der Waals surface area contributed by atoms with E-state index < -0.39 is 0 Å². The molecule has 1 aliphatic carbocycles. The van der Waals surface area contributed by atoms with Gasteiger partial charge in [-0.1, -0.05) is 62.2 Å². The molecule has 4 N–H and O–H groups in total. The zero-order chi connectivity index (χ0) is 19.8. The summed E-state index contributed by atoms with van der Waals surface area (Å²) in [6.45, 7) is 3.99. The predicted molar refractivity (Wildman–Crippen MR) is 118 cm³/mol. The van der Waals surface area contributed by atoms with Gasteiger partial charge in [0.05, 0.1) is 0 Å². The molecule has 28 heavy (non-hydrogen) atoms.